The summed E-state index contributed by atoms with van der Waals surface area (Å²) in [5, 5.41) is 11.8. The van der Waals surface area contributed by atoms with Crippen LogP contribution in [0.2, 0.25) is 0 Å². The molecule has 1 unspecified atom stereocenters. The number of benzene rings is 2. The molecule has 1 saturated heterocycles. The first-order chi connectivity index (χ1) is 13.5. The molecule has 1 aliphatic rings. The van der Waals surface area contributed by atoms with Crippen LogP contribution in [0.3, 0.4) is 0 Å². The maximum Gasteiger partial charge on any atom is 0.325 e. The van der Waals surface area contributed by atoms with Crippen LogP contribution in [0.15, 0.2) is 60.7 Å². The number of nitriles is 1. The van der Waals surface area contributed by atoms with Crippen molar-refractivity contribution < 1.29 is 14.4 Å². The third-order valence-electron chi connectivity index (χ3n) is 4.86. The van der Waals surface area contributed by atoms with E-state index in [-0.39, 0.29) is 6.54 Å². The van der Waals surface area contributed by atoms with Crippen LogP contribution in [0.4, 0.5) is 10.5 Å². The Bertz CT molecular complexity index is 924. The number of anilines is 1. The standard InChI is InChI=1S/C21H20N4O3/c1-2-21(16-9-5-3-6-10-16)19(27)25(20(28)23-21)15-18(26)24(14-13-22)17-11-7-4-8-12-17/h3-12H,2,14-15H2,1H3,(H,23,28). The minimum atomic E-state index is -1.19. The molecule has 7 nitrogen and oxygen atoms in total. The fraction of sp³-hybridized carbons (Fsp3) is 0.238. The predicted octanol–water partition coefficient (Wildman–Crippen LogP) is 2.40. The molecule has 2 aromatic carbocycles. The molecule has 1 atom stereocenters. The van der Waals surface area contributed by atoms with Gasteiger partial charge in [-0.3, -0.25) is 19.4 Å². The Kier molecular flexibility index (Phi) is 5.41. The number of imide groups is 1. The molecule has 0 saturated carbocycles. The van der Waals surface area contributed by atoms with Crippen molar-refractivity contribution >= 4 is 23.5 Å². The van der Waals surface area contributed by atoms with E-state index in [2.05, 4.69) is 5.32 Å². The third kappa shape index (κ3) is 3.32. The smallest absolute Gasteiger partial charge is 0.319 e. The first-order valence-corrected chi connectivity index (χ1v) is 8.95. The Balaban J connectivity index is 1.86. The van der Waals surface area contributed by atoms with E-state index >= 15 is 0 Å². The Morgan fingerprint density at radius 1 is 1.11 bits per heavy atom. The number of carbonyl (C=O) groups excluding carboxylic acids is 3. The van der Waals surface area contributed by atoms with Gasteiger partial charge >= 0.3 is 6.03 Å². The number of nitrogens with one attached hydrogen (secondary N) is 1. The number of hydrogen-bond donors (Lipinski definition) is 1. The van der Waals surface area contributed by atoms with Crippen LogP contribution in [0.5, 0.6) is 0 Å². The SMILES string of the molecule is CCC1(c2ccccc2)NC(=O)N(CC(=O)N(CC#N)c2ccccc2)C1=O. The zero-order valence-corrected chi connectivity index (χ0v) is 15.5. The molecule has 142 valence electrons. The second kappa shape index (κ2) is 7.92. The van der Waals surface area contributed by atoms with Gasteiger partial charge in [0.25, 0.3) is 5.91 Å². The number of urea groups is 1. The zero-order chi connectivity index (χ0) is 20.1. The molecular weight excluding hydrogens is 356 g/mol. The molecule has 4 amide bonds. The van der Waals surface area contributed by atoms with Crippen LogP contribution in [0, 0.1) is 11.3 Å². The summed E-state index contributed by atoms with van der Waals surface area (Å²) < 4.78 is 0. The molecule has 28 heavy (non-hydrogen) atoms. The molecule has 2 aromatic rings. The van der Waals surface area contributed by atoms with Gasteiger partial charge in [0, 0.05) is 5.69 Å². The van der Waals surface area contributed by atoms with E-state index in [9.17, 15) is 14.4 Å². The molecule has 1 aliphatic heterocycles. The molecule has 7 heteroatoms. The fourth-order valence-electron chi connectivity index (χ4n) is 3.35. The quantitative estimate of drug-likeness (QED) is 0.619. The molecule has 3 rings (SSSR count). The van der Waals surface area contributed by atoms with Gasteiger partial charge in [-0.25, -0.2) is 4.79 Å². The van der Waals surface area contributed by atoms with Gasteiger partial charge in [0.2, 0.25) is 5.91 Å². The average Bonchev–Trinajstić information content (AvgIpc) is 2.98. The van der Waals surface area contributed by atoms with Crippen LogP contribution in [0.25, 0.3) is 0 Å². The number of amides is 4. The summed E-state index contributed by atoms with van der Waals surface area (Å²) in [5.41, 5.74) is 0.0134. The maximum absolute atomic E-state index is 13.1. The van der Waals surface area contributed by atoms with Gasteiger partial charge in [-0.15, -0.1) is 0 Å². The van der Waals surface area contributed by atoms with Crippen LogP contribution in [0.1, 0.15) is 18.9 Å². The highest BCUT2D eigenvalue weighted by molar-refractivity contribution is 6.10. The summed E-state index contributed by atoms with van der Waals surface area (Å²) in [7, 11) is 0. The molecule has 1 N–H and O–H groups in total. The summed E-state index contributed by atoms with van der Waals surface area (Å²) in [6.07, 6.45) is 0.354. The van der Waals surface area contributed by atoms with E-state index in [0.29, 0.717) is 17.7 Å². The summed E-state index contributed by atoms with van der Waals surface area (Å²) in [6.45, 7) is 1.20. The first-order valence-electron chi connectivity index (χ1n) is 8.95. The van der Waals surface area contributed by atoms with E-state index in [1.165, 1.54) is 4.90 Å². The Morgan fingerprint density at radius 3 is 2.29 bits per heavy atom. The van der Waals surface area contributed by atoms with Crippen molar-refractivity contribution in [3.8, 4) is 6.07 Å². The average molecular weight is 376 g/mol. The van der Waals surface area contributed by atoms with Crippen molar-refractivity contribution in [3.63, 3.8) is 0 Å². The molecule has 1 fully saturated rings. The highest BCUT2D eigenvalue weighted by Gasteiger charge is 2.51. The number of carbonyl (C=O) groups is 3. The lowest BCUT2D eigenvalue weighted by Crippen LogP contribution is -2.45. The highest BCUT2D eigenvalue weighted by atomic mass is 16.2. The van der Waals surface area contributed by atoms with Crippen LogP contribution < -0.4 is 10.2 Å². The molecule has 1 heterocycles. The lowest BCUT2D eigenvalue weighted by atomic mass is 9.87. The Morgan fingerprint density at radius 2 is 1.71 bits per heavy atom. The summed E-state index contributed by atoms with van der Waals surface area (Å²) >= 11 is 0. The fourth-order valence-corrected chi connectivity index (χ4v) is 3.35. The van der Waals surface area contributed by atoms with Crippen molar-refractivity contribution in [2.75, 3.05) is 18.0 Å². The van der Waals surface area contributed by atoms with Crippen LogP contribution in [-0.4, -0.2) is 35.8 Å². The number of hydrogen-bond acceptors (Lipinski definition) is 4. The van der Waals surface area contributed by atoms with Crippen LogP contribution >= 0.6 is 0 Å². The van der Waals surface area contributed by atoms with E-state index < -0.39 is 29.9 Å². The monoisotopic (exact) mass is 376 g/mol. The maximum atomic E-state index is 13.1. The zero-order valence-electron chi connectivity index (χ0n) is 15.5. The number of para-hydroxylation sites is 1. The molecule has 0 spiro atoms. The van der Waals surface area contributed by atoms with Gasteiger partial charge in [0.1, 0.15) is 18.6 Å². The summed E-state index contributed by atoms with van der Waals surface area (Å²) in [6, 6.07) is 19.0. The second-order valence-corrected chi connectivity index (χ2v) is 6.42. The van der Waals surface area contributed by atoms with Crippen molar-refractivity contribution in [1.29, 1.82) is 5.26 Å². The minimum Gasteiger partial charge on any atom is -0.319 e. The molecule has 0 bridgehead atoms. The topological polar surface area (TPSA) is 93.5 Å². The third-order valence-corrected chi connectivity index (χ3v) is 4.86. The van der Waals surface area contributed by atoms with Crippen LogP contribution in [-0.2, 0) is 15.1 Å². The van der Waals surface area contributed by atoms with Crippen molar-refractivity contribution in [3.05, 3.63) is 66.2 Å². The predicted molar refractivity (Wildman–Crippen MR) is 103 cm³/mol. The van der Waals surface area contributed by atoms with Gasteiger partial charge in [-0.05, 0) is 24.1 Å². The van der Waals surface area contributed by atoms with Gasteiger partial charge in [0.15, 0.2) is 0 Å². The Labute approximate surface area is 163 Å². The summed E-state index contributed by atoms with van der Waals surface area (Å²) in [5.74, 6) is -0.972. The van der Waals surface area contributed by atoms with Gasteiger partial charge in [0.05, 0.1) is 6.07 Å². The van der Waals surface area contributed by atoms with E-state index in [1.54, 1.807) is 54.6 Å². The van der Waals surface area contributed by atoms with Gasteiger partial charge in [-0.1, -0.05) is 55.5 Å². The second-order valence-electron chi connectivity index (χ2n) is 6.42. The van der Waals surface area contributed by atoms with E-state index in [0.717, 1.165) is 4.90 Å². The van der Waals surface area contributed by atoms with Gasteiger partial charge in [-0.2, -0.15) is 5.26 Å². The number of nitrogens with zero attached hydrogens (tertiary/aromatic N) is 3. The Hall–Kier alpha value is -3.66. The van der Waals surface area contributed by atoms with Gasteiger partial charge < -0.3 is 5.32 Å². The largest absolute Gasteiger partial charge is 0.325 e. The molecular formula is C21H20N4O3. The lowest BCUT2D eigenvalue weighted by Gasteiger charge is -2.26. The normalized spacial score (nSPS) is 18.5. The molecule has 0 radical (unpaired) electrons. The van der Waals surface area contributed by atoms with Crippen molar-refractivity contribution in [2.24, 2.45) is 0 Å². The minimum absolute atomic E-state index is 0.176. The lowest BCUT2D eigenvalue weighted by molar-refractivity contribution is -0.134. The van der Waals surface area contributed by atoms with E-state index in [4.69, 9.17) is 5.26 Å². The van der Waals surface area contributed by atoms with E-state index in [1.807, 2.05) is 19.1 Å². The molecule has 0 aromatic heterocycles. The summed E-state index contributed by atoms with van der Waals surface area (Å²) in [4.78, 5) is 40.7. The first kappa shape index (κ1) is 19.1. The highest BCUT2D eigenvalue weighted by Crippen LogP contribution is 2.32. The number of rotatable bonds is 6. The molecule has 0 aliphatic carbocycles. The van der Waals surface area contributed by atoms with Crippen molar-refractivity contribution in [1.82, 2.24) is 10.2 Å². The van der Waals surface area contributed by atoms with Crippen molar-refractivity contribution in [2.45, 2.75) is 18.9 Å².